The van der Waals surface area contributed by atoms with Crippen LogP contribution in [0.15, 0.2) is 0 Å². The molecule has 0 aromatic carbocycles. The molecule has 0 aromatic heterocycles. The van der Waals surface area contributed by atoms with Crippen molar-refractivity contribution in [2.24, 2.45) is 0 Å². The first-order valence-corrected chi connectivity index (χ1v) is 6.23. The summed E-state index contributed by atoms with van der Waals surface area (Å²) in [5, 5.41) is 3.79. The van der Waals surface area contributed by atoms with Gasteiger partial charge in [-0.1, -0.05) is 0 Å². The Labute approximate surface area is 93.2 Å². The molecule has 2 fully saturated rings. The van der Waals surface area contributed by atoms with Crippen LogP contribution in [-0.4, -0.2) is 49.3 Å². The Morgan fingerprint density at radius 1 is 1.13 bits per heavy atom. The van der Waals surface area contributed by atoms with Crippen LogP contribution in [0.2, 0.25) is 0 Å². The van der Waals surface area contributed by atoms with Crippen molar-refractivity contribution in [3.8, 4) is 0 Å². The topological polar surface area (TPSA) is 24.5 Å². The van der Waals surface area contributed by atoms with Crippen LogP contribution in [0.4, 0.5) is 0 Å². The lowest BCUT2D eigenvalue weighted by Gasteiger charge is -2.34. The van der Waals surface area contributed by atoms with Gasteiger partial charge in [-0.25, -0.2) is 0 Å². The van der Waals surface area contributed by atoms with Gasteiger partial charge in [0.25, 0.3) is 0 Å². The highest BCUT2D eigenvalue weighted by molar-refractivity contribution is 4.86. The zero-order valence-electron chi connectivity index (χ0n) is 10.2. The van der Waals surface area contributed by atoms with Crippen LogP contribution >= 0.6 is 0 Å². The monoisotopic (exact) mass is 212 g/mol. The number of nitrogens with zero attached hydrogens (tertiary/aromatic N) is 1. The van der Waals surface area contributed by atoms with Gasteiger partial charge in [-0.3, -0.25) is 0 Å². The molecule has 0 aliphatic carbocycles. The molecule has 3 nitrogen and oxygen atoms in total. The predicted molar refractivity (Wildman–Crippen MR) is 62.1 cm³/mol. The molecule has 2 aliphatic rings. The van der Waals surface area contributed by atoms with E-state index in [1.807, 2.05) is 0 Å². The second kappa shape index (κ2) is 4.81. The maximum atomic E-state index is 5.75. The van der Waals surface area contributed by atoms with Crippen LogP contribution in [-0.2, 0) is 4.74 Å². The minimum Gasteiger partial charge on any atom is -0.375 e. The molecule has 2 aliphatic heterocycles. The number of hydrogen-bond acceptors (Lipinski definition) is 3. The van der Waals surface area contributed by atoms with Crippen LogP contribution in [0.5, 0.6) is 0 Å². The molecule has 1 N–H and O–H groups in total. The van der Waals surface area contributed by atoms with Crippen LogP contribution in [0.1, 0.15) is 33.1 Å². The summed E-state index contributed by atoms with van der Waals surface area (Å²) in [5.41, 5.74) is 0. The summed E-state index contributed by atoms with van der Waals surface area (Å²) in [6.45, 7) is 6.82. The highest BCUT2D eigenvalue weighted by atomic mass is 16.5. The molecule has 15 heavy (non-hydrogen) atoms. The summed E-state index contributed by atoms with van der Waals surface area (Å²) in [6.07, 6.45) is 4.49. The summed E-state index contributed by atoms with van der Waals surface area (Å²) in [7, 11) is 2.21. The van der Waals surface area contributed by atoms with E-state index in [1.165, 1.54) is 32.4 Å². The molecule has 0 unspecified atom stereocenters. The fourth-order valence-electron chi connectivity index (χ4n) is 2.95. The van der Waals surface area contributed by atoms with Gasteiger partial charge in [-0.2, -0.15) is 0 Å². The van der Waals surface area contributed by atoms with Gasteiger partial charge in [0.05, 0.1) is 12.2 Å². The number of likely N-dealkylation sites (N-methyl/N-ethyl adjacent to an activating group) is 1. The molecule has 0 aromatic rings. The molecular formula is C12H24N2O. The van der Waals surface area contributed by atoms with Crippen molar-refractivity contribution in [3.05, 3.63) is 0 Å². The van der Waals surface area contributed by atoms with Crippen molar-refractivity contribution in [1.29, 1.82) is 0 Å². The second-order valence-corrected chi connectivity index (χ2v) is 5.34. The van der Waals surface area contributed by atoms with Crippen LogP contribution < -0.4 is 5.32 Å². The first-order chi connectivity index (χ1) is 7.13. The predicted octanol–water partition coefficient (Wildman–Crippen LogP) is 1.24. The smallest absolute Gasteiger partial charge is 0.0565 e. The van der Waals surface area contributed by atoms with E-state index in [4.69, 9.17) is 4.74 Å². The summed E-state index contributed by atoms with van der Waals surface area (Å²) in [5.74, 6) is 0. The van der Waals surface area contributed by atoms with Gasteiger partial charge >= 0.3 is 0 Å². The molecule has 0 bridgehead atoms. The van der Waals surface area contributed by atoms with E-state index in [0.29, 0.717) is 24.3 Å². The highest BCUT2D eigenvalue weighted by Crippen LogP contribution is 2.20. The SMILES string of the molecule is C[C@@H]1CC(N[C@@H]2CCN(C)C2)C[C@@H](C)O1. The third-order valence-electron chi connectivity index (χ3n) is 3.56. The van der Waals surface area contributed by atoms with Gasteiger partial charge in [-0.15, -0.1) is 0 Å². The van der Waals surface area contributed by atoms with Crippen molar-refractivity contribution < 1.29 is 4.74 Å². The first kappa shape index (κ1) is 11.4. The summed E-state index contributed by atoms with van der Waals surface area (Å²) >= 11 is 0. The molecule has 0 saturated carbocycles. The van der Waals surface area contributed by atoms with Crippen LogP contribution in [0.3, 0.4) is 0 Å². The van der Waals surface area contributed by atoms with E-state index in [-0.39, 0.29) is 0 Å². The molecule has 3 atom stereocenters. The van der Waals surface area contributed by atoms with Gasteiger partial charge in [0, 0.05) is 18.6 Å². The van der Waals surface area contributed by atoms with E-state index in [2.05, 4.69) is 31.1 Å². The largest absolute Gasteiger partial charge is 0.375 e. The van der Waals surface area contributed by atoms with Crippen molar-refractivity contribution in [1.82, 2.24) is 10.2 Å². The maximum Gasteiger partial charge on any atom is 0.0565 e. The first-order valence-electron chi connectivity index (χ1n) is 6.23. The average molecular weight is 212 g/mol. The molecule has 2 rings (SSSR count). The van der Waals surface area contributed by atoms with Gasteiger partial charge in [-0.05, 0) is 46.7 Å². The molecule has 0 spiro atoms. The fourth-order valence-corrected chi connectivity index (χ4v) is 2.95. The quantitative estimate of drug-likeness (QED) is 0.745. The molecule has 0 radical (unpaired) electrons. The number of hydrogen-bond donors (Lipinski definition) is 1. The minimum absolute atomic E-state index is 0.422. The Morgan fingerprint density at radius 2 is 1.80 bits per heavy atom. The Morgan fingerprint density at radius 3 is 2.33 bits per heavy atom. The molecule has 2 heterocycles. The van der Waals surface area contributed by atoms with E-state index in [9.17, 15) is 0 Å². The number of likely N-dealkylation sites (tertiary alicyclic amines) is 1. The Balaban J connectivity index is 1.78. The van der Waals surface area contributed by atoms with E-state index in [0.717, 1.165) is 0 Å². The van der Waals surface area contributed by atoms with Crippen molar-refractivity contribution in [3.63, 3.8) is 0 Å². The van der Waals surface area contributed by atoms with Crippen molar-refractivity contribution in [2.75, 3.05) is 20.1 Å². The Kier molecular flexibility index (Phi) is 3.65. The van der Waals surface area contributed by atoms with E-state index < -0.39 is 0 Å². The lowest BCUT2D eigenvalue weighted by molar-refractivity contribution is -0.0433. The van der Waals surface area contributed by atoms with E-state index in [1.54, 1.807) is 0 Å². The zero-order valence-corrected chi connectivity index (χ0v) is 10.2. The van der Waals surface area contributed by atoms with Crippen molar-refractivity contribution >= 4 is 0 Å². The average Bonchev–Trinajstić information content (AvgIpc) is 2.49. The van der Waals surface area contributed by atoms with Gasteiger partial charge in [0.1, 0.15) is 0 Å². The molecule has 2 saturated heterocycles. The molecule has 0 amide bonds. The zero-order chi connectivity index (χ0) is 10.8. The van der Waals surface area contributed by atoms with Gasteiger partial charge in [0.2, 0.25) is 0 Å². The summed E-state index contributed by atoms with van der Waals surface area (Å²) < 4.78 is 5.75. The second-order valence-electron chi connectivity index (χ2n) is 5.34. The Bertz CT molecular complexity index is 200. The standard InChI is InChI=1S/C12H24N2O/c1-9-6-12(7-10(2)15-9)13-11-4-5-14(3)8-11/h9-13H,4-8H2,1-3H3/t9-,10-,11-/m1/s1. The minimum atomic E-state index is 0.422. The number of nitrogens with one attached hydrogen (secondary N) is 1. The maximum absolute atomic E-state index is 5.75. The summed E-state index contributed by atoms with van der Waals surface area (Å²) in [4.78, 5) is 2.41. The van der Waals surface area contributed by atoms with Crippen LogP contribution in [0.25, 0.3) is 0 Å². The highest BCUT2D eigenvalue weighted by Gasteiger charge is 2.28. The number of rotatable bonds is 2. The molecular weight excluding hydrogens is 188 g/mol. The van der Waals surface area contributed by atoms with E-state index >= 15 is 0 Å². The van der Waals surface area contributed by atoms with Gasteiger partial charge in [0.15, 0.2) is 0 Å². The van der Waals surface area contributed by atoms with Crippen LogP contribution in [0, 0.1) is 0 Å². The third-order valence-corrected chi connectivity index (χ3v) is 3.56. The summed E-state index contributed by atoms with van der Waals surface area (Å²) in [6, 6.07) is 1.37. The lowest BCUT2D eigenvalue weighted by Crippen LogP contribution is -2.46. The van der Waals surface area contributed by atoms with Crippen molar-refractivity contribution in [2.45, 2.75) is 57.4 Å². The van der Waals surface area contributed by atoms with Gasteiger partial charge < -0.3 is 15.0 Å². The Hall–Kier alpha value is -0.120. The number of ether oxygens (including phenoxy) is 1. The fraction of sp³-hybridized carbons (Fsp3) is 1.00. The lowest BCUT2D eigenvalue weighted by atomic mass is 9.99. The molecule has 3 heteroatoms. The normalized spacial score (nSPS) is 43.4. The molecule has 88 valence electrons. The third kappa shape index (κ3) is 3.16.